The average molecular weight is 447 g/mol. The highest BCUT2D eigenvalue weighted by Gasteiger charge is 2.20. The van der Waals surface area contributed by atoms with Crippen LogP contribution in [0, 0.1) is 5.82 Å². The Morgan fingerprint density at radius 2 is 1.79 bits per heavy atom. The second-order valence-electron chi connectivity index (χ2n) is 8.13. The minimum atomic E-state index is -0.582. The molecule has 0 bridgehead atoms. The maximum absolute atomic E-state index is 14.1. The Labute approximate surface area is 193 Å². The molecule has 0 radical (unpaired) electrons. The number of para-hydroxylation sites is 1. The van der Waals surface area contributed by atoms with E-state index >= 15 is 0 Å². The summed E-state index contributed by atoms with van der Waals surface area (Å²) >= 11 is 0. The molecule has 1 heterocycles. The summed E-state index contributed by atoms with van der Waals surface area (Å²) in [6.45, 7) is 3.47. The first kappa shape index (κ1) is 22.6. The maximum atomic E-state index is 14.1. The van der Waals surface area contributed by atoms with E-state index < -0.39 is 5.82 Å². The summed E-state index contributed by atoms with van der Waals surface area (Å²) in [5.41, 5.74) is 3.43. The molecule has 6 heteroatoms. The molecule has 0 saturated carbocycles. The van der Waals surface area contributed by atoms with Crippen LogP contribution < -0.4 is 9.64 Å². The van der Waals surface area contributed by atoms with Crippen LogP contribution in [0.5, 0.6) is 11.5 Å². The fourth-order valence-electron chi connectivity index (χ4n) is 4.01. The predicted octanol–water partition coefficient (Wildman–Crippen LogP) is 4.85. The molecular formula is C27H27FN2O3. The van der Waals surface area contributed by atoms with Crippen LogP contribution in [0.4, 0.5) is 10.1 Å². The van der Waals surface area contributed by atoms with Gasteiger partial charge in [-0.1, -0.05) is 24.3 Å². The molecule has 4 rings (SSSR count). The molecule has 5 nitrogen and oxygen atoms in total. The number of benzene rings is 3. The monoisotopic (exact) mass is 446 g/mol. The Morgan fingerprint density at radius 3 is 2.52 bits per heavy atom. The number of phenolic OH excluding ortho intramolecular Hbond substituents is 1. The van der Waals surface area contributed by atoms with Gasteiger partial charge >= 0.3 is 0 Å². The van der Waals surface area contributed by atoms with Crippen molar-refractivity contribution in [2.24, 2.45) is 0 Å². The van der Waals surface area contributed by atoms with Crippen LogP contribution in [0.2, 0.25) is 0 Å². The summed E-state index contributed by atoms with van der Waals surface area (Å²) in [5.74, 6) is -0.225. The zero-order valence-corrected chi connectivity index (χ0v) is 18.8. The molecule has 3 aromatic carbocycles. The van der Waals surface area contributed by atoms with Gasteiger partial charge in [0.2, 0.25) is 0 Å². The van der Waals surface area contributed by atoms with E-state index in [9.17, 15) is 14.3 Å². The lowest BCUT2D eigenvalue weighted by Gasteiger charge is -2.35. The van der Waals surface area contributed by atoms with Gasteiger partial charge in [-0.25, -0.2) is 4.39 Å². The number of allylic oxidation sites excluding steroid dienone is 1. The molecule has 1 saturated heterocycles. The smallest absolute Gasteiger partial charge is 0.187 e. The number of methoxy groups -OCH3 is 1. The number of phenols is 1. The van der Waals surface area contributed by atoms with Gasteiger partial charge in [-0.2, -0.15) is 0 Å². The Morgan fingerprint density at radius 1 is 1.03 bits per heavy atom. The van der Waals surface area contributed by atoms with Gasteiger partial charge in [-0.3, -0.25) is 4.79 Å². The lowest BCUT2D eigenvalue weighted by atomic mass is 9.97. The summed E-state index contributed by atoms with van der Waals surface area (Å²) in [7, 11) is 3.71. The fourth-order valence-corrected chi connectivity index (χ4v) is 4.01. The first-order chi connectivity index (χ1) is 16.0. The van der Waals surface area contributed by atoms with Crippen LogP contribution in [-0.2, 0) is 0 Å². The molecule has 0 atom stereocenters. The first-order valence-electron chi connectivity index (χ1n) is 10.9. The van der Waals surface area contributed by atoms with Gasteiger partial charge in [0, 0.05) is 54.6 Å². The standard InChI is InChI=1S/C27H27FN2O3/c1-29-13-15-30(16-14-29)25-11-8-20(22-5-3-4-6-27(22)33-2)17-23(25)26(32)12-9-19-7-10-21(31)18-24(19)28/h3-12,17-18,31H,13-16H2,1-2H3/b12-9+. The fraction of sp³-hybridized carbons (Fsp3) is 0.222. The van der Waals surface area contributed by atoms with Crippen molar-refractivity contribution in [2.45, 2.75) is 0 Å². The lowest BCUT2D eigenvalue weighted by molar-refractivity contribution is 0.104. The number of anilines is 1. The van der Waals surface area contributed by atoms with Crippen molar-refractivity contribution in [3.05, 3.63) is 83.7 Å². The minimum Gasteiger partial charge on any atom is -0.508 e. The van der Waals surface area contributed by atoms with Gasteiger partial charge in [0.15, 0.2) is 5.78 Å². The molecule has 1 aliphatic rings. The molecule has 170 valence electrons. The van der Waals surface area contributed by atoms with Crippen LogP contribution in [0.25, 0.3) is 17.2 Å². The average Bonchev–Trinajstić information content (AvgIpc) is 2.83. The predicted molar refractivity (Wildman–Crippen MR) is 130 cm³/mol. The highest BCUT2D eigenvalue weighted by atomic mass is 19.1. The number of hydrogen-bond donors (Lipinski definition) is 1. The van der Waals surface area contributed by atoms with Crippen molar-refractivity contribution >= 4 is 17.5 Å². The van der Waals surface area contributed by atoms with E-state index in [0.717, 1.165) is 54.8 Å². The molecule has 0 unspecified atom stereocenters. The number of carbonyl (C=O) groups excluding carboxylic acids is 1. The van der Waals surface area contributed by atoms with E-state index in [1.165, 1.54) is 24.3 Å². The Kier molecular flexibility index (Phi) is 6.75. The van der Waals surface area contributed by atoms with Crippen molar-refractivity contribution in [1.29, 1.82) is 0 Å². The van der Waals surface area contributed by atoms with Gasteiger partial charge in [-0.05, 0) is 55.1 Å². The number of carbonyl (C=O) groups is 1. The molecule has 0 spiro atoms. The molecule has 33 heavy (non-hydrogen) atoms. The van der Waals surface area contributed by atoms with Crippen LogP contribution in [0.1, 0.15) is 15.9 Å². The van der Waals surface area contributed by atoms with Crippen LogP contribution in [0.15, 0.2) is 66.7 Å². The number of rotatable bonds is 6. The van der Waals surface area contributed by atoms with Gasteiger partial charge in [0.25, 0.3) is 0 Å². The van der Waals surface area contributed by atoms with Crippen LogP contribution in [-0.4, -0.2) is 56.1 Å². The Hall–Kier alpha value is -3.64. The molecule has 3 aromatic rings. The number of hydrogen-bond acceptors (Lipinski definition) is 5. The molecule has 1 fully saturated rings. The van der Waals surface area contributed by atoms with E-state index in [2.05, 4.69) is 16.8 Å². The van der Waals surface area contributed by atoms with E-state index in [0.29, 0.717) is 5.56 Å². The molecule has 1 aliphatic heterocycles. The molecule has 0 amide bonds. The lowest BCUT2D eigenvalue weighted by Crippen LogP contribution is -2.45. The highest BCUT2D eigenvalue weighted by Crippen LogP contribution is 2.34. The number of piperazine rings is 1. The third-order valence-electron chi connectivity index (χ3n) is 5.92. The van der Waals surface area contributed by atoms with Crippen molar-refractivity contribution in [1.82, 2.24) is 4.90 Å². The quantitative estimate of drug-likeness (QED) is 0.433. The molecule has 0 aromatic heterocycles. The van der Waals surface area contributed by atoms with Crippen molar-refractivity contribution < 1.29 is 19.0 Å². The topological polar surface area (TPSA) is 53.0 Å². The number of ketones is 1. The number of likely N-dealkylation sites (N-methyl/N-ethyl adjacent to an activating group) is 1. The molecule has 0 aliphatic carbocycles. The summed E-state index contributed by atoms with van der Waals surface area (Å²) in [6, 6.07) is 17.4. The third kappa shape index (κ3) is 5.07. The maximum Gasteiger partial charge on any atom is 0.187 e. The minimum absolute atomic E-state index is 0.155. The SMILES string of the molecule is COc1ccccc1-c1ccc(N2CCN(C)CC2)c(C(=O)/C=C/c2ccc(O)cc2F)c1. The van der Waals surface area contributed by atoms with E-state index in [-0.39, 0.29) is 17.1 Å². The summed E-state index contributed by atoms with van der Waals surface area (Å²) in [4.78, 5) is 17.8. The van der Waals surface area contributed by atoms with E-state index in [4.69, 9.17) is 4.74 Å². The van der Waals surface area contributed by atoms with E-state index in [1.54, 1.807) is 7.11 Å². The zero-order valence-electron chi connectivity index (χ0n) is 18.8. The largest absolute Gasteiger partial charge is 0.508 e. The van der Waals surface area contributed by atoms with Gasteiger partial charge in [0.05, 0.1) is 7.11 Å². The van der Waals surface area contributed by atoms with Crippen molar-refractivity contribution in [2.75, 3.05) is 45.2 Å². The van der Waals surface area contributed by atoms with Crippen molar-refractivity contribution in [3.63, 3.8) is 0 Å². The number of aromatic hydroxyl groups is 1. The number of ether oxygens (including phenoxy) is 1. The normalized spacial score (nSPS) is 14.6. The summed E-state index contributed by atoms with van der Waals surface area (Å²) in [5, 5.41) is 9.42. The number of nitrogens with zero attached hydrogens (tertiary/aromatic N) is 2. The summed E-state index contributed by atoms with van der Waals surface area (Å²) in [6.07, 6.45) is 2.83. The van der Waals surface area contributed by atoms with Crippen LogP contribution in [0.3, 0.4) is 0 Å². The second-order valence-corrected chi connectivity index (χ2v) is 8.13. The van der Waals surface area contributed by atoms with E-state index in [1.807, 2.05) is 42.5 Å². The van der Waals surface area contributed by atoms with Crippen LogP contribution >= 0.6 is 0 Å². The summed E-state index contributed by atoms with van der Waals surface area (Å²) < 4.78 is 19.6. The van der Waals surface area contributed by atoms with Gasteiger partial charge < -0.3 is 19.6 Å². The van der Waals surface area contributed by atoms with Crippen molar-refractivity contribution in [3.8, 4) is 22.6 Å². The Bertz CT molecular complexity index is 1180. The second kappa shape index (κ2) is 9.88. The highest BCUT2D eigenvalue weighted by molar-refractivity contribution is 6.11. The number of halogens is 1. The zero-order chi connectivity index (χ0) is 23.4. The first-order valence-corrected chi connectivity index (χ1v) is 10.9. The molecular weight excluding hydrogens is 419 g/mol. The third-order valence-corrected chi connectivity index (χ3v) is 5.92. The molecule has 1 N–H and O–H groups in total. The van der Waals surface area contributed by atoms with Gasteiger partial charge in [-0.15, -0.1) is 0 Å². The van der Waals surface area contributed by atoms with Gasteiger partial charge in [0.1, 0.15) is 17.3 Å². The Balaban J connectivity index is 1.73.